The summed E-state index contributed by atoms with van der Waals surface area (Å²) in [5, 5.41) is 10.1. The largest absolute Gasteiger partial charge is 0.445 e. The second-order valence-electron chi connectivity index (χ2n) is 8.54. The van der Waals surface area contributed by atoms with Gasteiger partial charge in [0.05, 0.1) is 23.2 Å². The van der Waals surface area contributed by atoms with Gasteiger partial charge in [-0.1, -0.05) is 54.6 Å². The van der Waals surface area contributed by atoms with Crippen LogP contribution in [0.5, 0.6) is 0 Å². The number of benzene rings is 3. The molecule has 0 bridgehead atoms. The van der Waals surface area contributed by atoms with Crippen LogP contribution in [0.2, 0.25) is 0 Å². The van der Waals surface area contributed by atoms with E-state index in [0.717, 1.165) is 16.5 Å². The summed E-state index contributed by atoms with van der Waals surface area (Å²) in [6.45, 7) is -0.00458. The molecule has 2 N–H and O–H groups in total. The highest BCUT2D eigenvalue weighted by molar-refractivity contribution is 6.23. The maximum atomic E-state index is 14.8. The van der Waals surface area contributed by atoms with Gasteiger partial charge >= 0.3 is 6.09 Å². The van der Waals surface area contributed by atoms with Crippen LogP contribution in [0.3, 0.4) is 0 Å². The Bertz CT molecular complexity index is 1570. The molecular formula is C27H21FN4O5. The summed E-state index contributed by atoms with van der Waals surface area (Å²) in [4.78, 5) is 50.7. The summed E-state index contributed by atoms with van der Waals surface area (Å²) in [5.74, 6) is -2.18. The first-order chi connectivity index (χ1) is 17.9. The van der Waals surface area contributed by atoms with Gasteiger partial charge < -0.3 is 10.1 Å². The van der Waals surface area contributed by atoms with Crippen molar-refractivity contribution in [3.8, 4) is 0 Å². The molecule has 1 atom stereocenters. The topological polar surface area (TPSA) is 121 Å². The molecule has 1 aliphatic heterocycles. The van der Waals surface area contributed by atoms with Gasteiger partial charge in [0, 0.05) is 11.8 Å². The molecule has 1 aromatic heterocycles. The van der Waals surface area contributed by atoms with Crippen LogP contribution < -0.4 is 15.8 Å². The molecule has 2 heterocycles. The minimum atomic E-state index is -1.18. The molecule has 0 radical (unpaired) electrons. The third-order valence-corrected chi connectivity index (χ3v) is 6.05. The monoisotopic (exact) mass is 500 g/mol. The van der Waals surface area contributed by atoms with Crippen LogP contribution in [0.25, 0.3) is 10.8 Å². The number of carbonyl (C=O) groups is 3. The van der Waals surface area contributed by atoms with Gasteiger partial charge in [0.15, 0.2) is 0 Å². The molecule has 0 spiro atoms. The molecule has 0 aliphatic carbocycles. The molecule has 9 nitrogen and oxygen atoms in total. The van der Waals surface area contributed by atoms with E-state index in [4.69, 9.17) is 4.74 Å². The van der Waals surface area contributed by atoms with Crippen molar-refractivity contribution in [3.63, 3.8) is 0 Å². The first kappa shape index (κ1) is 23.9. The number of alkyl carbamates (subject to hydrolysis) is 1. The average molecular weight is 500 g/mol. The molecule has 1 aliphatic rings. The lowest BCUT2D eigenvalue weighted by Gasteiger charge is -2.17. The van der Waals surface area contributed by atoms with Gasteiger partial charge in [0.2, 0.25) is 5.91 Å². The van der Waals surface area contributed by atoms with Crippen molar-refractivity contribution in [2.24, 2.45) is 0 Å². The second-order valence-corrected chi connectivity index (χ2v) is 8.54. The number of aromatic amines is 1. The number of anilines is 1. The lowest BCUT2D eigenvalue weighted by molar-refractivity contribution is -0.121. The van der Waals surface area contributed by atoms with E-state index in [1.54, 1.807) is 48.5 Å². The standard InChI is InChI=1S/C27H21FN4O5/c28-20-11-10-17(12-21-18-8-4-5-9-19(18)25(34)31-30-21)13-23(20)32-24(33)14-22(26(32)35)29-27(36)37-15-16-6-2-1-3-7-16/h1-11,13,22H,12,14-15H2,(H,29,36)(H,31,34). The predicted molar refractivity (Wildman–Crippen MR) is 132 cm³/mol. The van der Waals surface area contributed by atoms with Gasteiger partial charge in [-0.25, -0.2) is 19.2 Å². The van der Waals surface area contributed by atoms with E-state index in [1.807, 2.05) is 6.07 Å². The molecule has 37 heavy (non-hydrogen) atoms. The Hall–Kier alpha value is -4.86. The number of imide groups is 1. The van der Waals surface area contributed by atoms with E-state index in [1.165, 1.54) is 12.1 Å². The molecule has 4 aromatic rings. The zero-order valence-corrected chi connectivity index (χ0v) is 19.4. The Morgan fingerprint density at radius 2 is 1.73 bits per heavy atom. The molecule has 0 saturated carbocycles. The van der Waals surface area contributed by atoms with Crippen LogP contribution >= 0.6 is 0 Å². The minimum absolute atomic E-state index is 0.00458. The first-order valence-electron chi connectivity index (χ1n) is 11.5. The van der Waals surface area contributed by atoms with Gasteiger partial charge in [-0.3, -0.25) is 14.4 Å². The molecule has 186 valence electrons. The number of hydrogen-bond acceptors (Lipinski definition) is 6. The van der Waals surface area contributed by atoms with Crippen LogP contribution in [0, 0.1) is 5.82 Å². The van der Waals surface area contributed by atoms with Crippen molar-refractivity contribution in [2.75, 3.05) is 4.90 Å². The van der Waals surface area contributed by atoms with Crippen LogP contribution in [0.1, 0.15) is 23.2 Å². The Balaban J connectivity index is 1.33. The average Bonchev–Trinajstić information content (AvgIpc) is 3.18. The summed E-state index contributed by atoms with van der Waals surface area (Å²) < 4.78 is 19.9. The van der Waals surface area contributed by atoms with E-state index in [-0.39, 0.29) is 30.7 Å². The third-order valence-electron chi connectivity index (χ3n) is 6.05. The number of amides is 3. The number of rotatable bonds is 6. The van der Waals surface area contributed by atoms with Gasteiger partial charge in [0.1, 0.15) is 18.5 Å². The summed E-state index contributed by atoms with van der Waals surface area (Å²) in [5.41, 5.74) is 1.33. The minimum Gasteiger partial charge on any atom is -0.445 e. The highest BCUT2D eigenvalue weighted by atomic mass is 19.1. The Kier molecular flexibility index (Phi) is 6.46. The van der Waals surface area contributed by atoms with Crippen LogP contribution in [0.4, 0.5) is 14.9 Å². The molecule has 10 heteroatoms. The summed E-state index contributed by atoms with van der Waals surface area (Å²) >= 11 is 0. The lowest BCUT2D eigenvalue weighted by Crippen LogP contribution is -2.42. The number of fused-ring (bicyclic) bond motifs is 1. The number of halogens is 1. The van der Waals surface area contributed by atoms with Gasteiger partial charge in [0.25, 0.3) is 11.5 Å². The van der Waals surface area contributed by atoms with Gasteiger partial charge in [-0.05, 0) is 29.3 Å². The Morgan fingerprint density at radius 1 is 1.00 bits per heavy atom. The van der Waals surface area contributed by atoms with Crippen molar-refractivity contribution >= 4 is 34.4 Å². The molecule has 1 unspecified atom stereocenters. The van der Waals surface area contributed by atoms with E-state index in [0.29, 0.717) is 22.0 Å². The van der Waals surface area contributed by atoms with E-state index < -0.39 is 29.8 Å². The van der Waals surface area contributed by atoms with Gasteiger partial charge in [-0.15, -0.1) is 0 Å². The van der Waals surface area contributed by atoms with Crippen molar-refractivity contribution in [1.29, 1.82) is 0 Å². The smallest absolute Gasteiger partial charge is 0.408 e. The Morgan fingerprint density at radius 3 is 2.51 bits per heavy atom. The van der Waals surface area contributed by atoms with Crippen molar-refractivity contribution in [2.45, 2.75) is 25.5 Å². The fourth-order valence-electron chi connectivity index (χ4n) is 4.24. The van der Waals surface area contributed by atoms with E-state index >= 15 is 0 Å². The van der Waals surface area contributed by atoms with Crippen LogP contribution in [-0.4, -0.2) is 34.1 Å². The molecule has 1 fully saturated rings. The highest BCUT2D eigenvalue weighted by Gasteiger charge is 2.41. The zero-order valence-electron chi connectivity index (χ0n) is 19.4. The second kappa shape index (κ2) is 10.0. The normalized spacial score (nSPS) is 15.3. The lowest BCUT2D eigenvalue weighted by atomic mass is 10.0. The number of ether oxygens (including phenoxy) is 1. The fraction of sp³-hybridized carbons (Fsp3) is 0.148. The predicted octanol–water partition coefficient (Wildman–Crippen LogP) is 3.21. The van der Waals surface area contributed by atoms with E-state index in [2.05, 4.69) is 15.5 Å². The van der Waals surface area contributed by atoms with Crippen LogP contribution in [0.15, 0.2) is 77.6 Å². The summed E-state index contributed by atoms with van der Waals surface area (Å²) in [7, 11) is 0. The van der Waals surface area contributed by atoms with Crippen LogP contribution in [-0.2, 0) is 27.4 Å². The van der Waals surface area contributed by atoms with Crippen molar-refractivity contribution in [1.82, 2.24) is 15.5 Å². The van der Waals surface area contributed by atoms with Crippen molar-refractivity contribution < 1.29 is 23.5 Å². The third kappa shape index (κ3) is 4.94. The SMILES string of the molecule is O=C(NC1CC(=O)N(c2cc(Cc3n[nH]c(=O)c4ccccc34)ccc2F)C1=O)OCc1ccccc1. The molecule has 3 aromatic carbocycles. The zero-order chi connectivity index (χ0) is 25.9. The first-order valence-corrected chi connectivity index (χ1v) is 11.5. The maximum Gasteiger partial charge on any atom is 0.408 e. The number of H-pyrrole nitrogens is 1. The summed E-state index contributed by atoms with van der Waals surface area (Å²) in [6, 6.07) is 18.8. The summed E-state index contributed by atoms with van der Waals surface area (Å²) in [6.07, 6.45) is -0.967. The highest BCUT2D eigenvalue weighted by Crippen LogP contribution is 2.28. The number of nitrogens with zero attached hydrogens (tertiary/aromatic N) is 2. The van der Waals surface area contributed by atoms with Gasteiger partial charge in [-0.2, -0.15) is 5.10 Å². The number of carbonyl (C=O) groups excluding carboxylic acids is 3. The molecule has 1 saturated heterocycles. The Labute approximate surface area is 209 Å². The quantitative estimate of drug-likeness (QED) is 0.392. The maximum absolute atomic E-state index is 14.8. The molecule has 5 rings (SSSR count). The molecular weight excluding hydrogens is 479 g/mol. The number of nitrogens with one attached hydrogen (secondary N) is 2. The van der Waals surface area contributed by atoms with E-state index in [9.17, 15) is 23.6 Å². The number of aromatic nitrogens is 2. The number of hydrogen-bond donors (Lipinski definition) is 2. The molecule has 3 amide bonds. The van der Waals surface area contributed by atoms with Crippen molar-refractivity contribution in [3.05, 3.63) is 106 Å². The fourth-order valence-corrected chi connectivity index (χ4v) is 4.24.